The molecular formula is C66H60Cl2N2O. The number of fused-ring (bicyclic) bond motifs is 3. The van der Waals surface area contributed by atoms with Crippen LogP contribution in [0.3, 0.4) is 0 Å². The second-order valence-corrected chi connectivity index (χ2v) is 21.5. The second kappa shape index (κ2) is 18.6. The van der Waals surface area contributed by atoms with Crippen LogP contribution in [-0.2, 0) is 16.2 Å². The average Bonchev–Trinajstić information content (AvgIpc) is 1.43. The zero-order valence-corrected chi connectivity index (χ0v) is 42.6. The molecule has 0 spiro atoms. The highest BCUT2D eigenvalue weighted by atomic mass is 35.5. The Kier molecular flexibility index (Phi) is 8.99. The molecule has 0 aliphatic heterocycles. The summed E-state index contributed by atoms with van der Waals surface area (Å²) < 4.78 is 130. The first-order chi connectivity index (χ1) is 39.4. The van der Waals surface area contributed by atoms with Crippen LogP contribution in [0.15, 0.2) is 204 Å². The van der Waals surface area contributed by atoms with Crippen LogP contribution >= 0.6 is 23.2 Å². The van der Waals surface area contributed by atoms with Crippen LogP contribution in [0.4, 0.5) is 34.1 Å². The van der Waals surface area contributed by atoms with Crippen LogP contribution < -0.4 is 9.80 Å². The topological polar surface area (TPSA) is 19.6 Å². The Bertz CT molecular complexity index is 4200. The molecule has 0 atom stereocenters. The lowest BCUT2D eigenvalue weighted by Gasteiger charge is -2.35. The summed E-state index contributed by atoms with van der Waals surface area (Å²) in [6, 6.07) is 31.3. The van der Waals surface area contributed by atoms with Gasteiger partial charge in [0.2, 0.25) is 0 Å². The number of hydrogen-bond donors (Lipinski definition) is 0. The molecule has 1 aromatic heterocycles. The molecule has 71 heavy (non-hydrogen) atoms. The zero-order chi connectivity index (χ0) is 61.1. The van der Waals surface area contributed by atoms with E-state index >= 15 is 0 Å². The van der Waals surface area contributed by atoms with Gasteiger partial charge in [0.25, 0.3) is 0 Å². The van der Waals surface area contributed by atoms with Crippen molar-refractivity contribution in [2.24, 2.45) is 0 Å². The Morgan fingerprint density at radius 3 is 1.37 bits per heavy atom. The number of para-hydroxylation sites is 1. The molecule has 0 aliphatic rings. The number of nitrogens with zero attached hydrogens (tertiary/aromatic N) is 2. The summed E-state index contributed by atoms with van der Waals surface area (Å²) in [7, 11) is 0. The van der Waals surface area contributed by atoms with Crippen LogP contribution in [0.25, 0.3) is 55.3 Å². The van der Waals surface area contributed by atoms with Crippen LogP contribution in [0.5, 0.6) is 0 Å². The number of rotatable bonds is 9. The fourth-order valence-electron chi connectivity index (χ4n) is 9.03. The van der Waals surface area contributed by atoms with E-state index in [1.54, 1.807) is 41.3 Å². The molecule has 0 N–H and O–H groups in total. The van der Waals surface area contributed by atoms with Gasteiger partial charge in [0, 0.05) is 60.3 Å². The van der Waals surface area contributed by atoms with E-state index in [4.69, 9.17) is 33.1 Å². The lowest BCUT2D eigenvalue weighted by Crippen LogP contribution is -2.20. The fourth-order valence-corrected chi connectivity index (χ4v) is 9.31. The van der Waals surface area contributed by atoms with E-state index in [0.717, 1.165) is 16.7 Å². The summed E-state index contributed by atoms with van der Waals surface area (Å²) in [5.41, 5.74) is 3.31. The van der Waals surface area contributed by atoms with Gasteiger partial charge in [0.15, 0.2) is 5.58 Å². The smallest absolute Gasteiger partial charge is 0.160 e. The van der Waals surface area contributed by atoms with Crippen LogP contribution in [0.1, 0.15) is 96.8 Å². The maximum Gasteiger partial charge on any atom is 0.160 e. The summed E-state index contributed by atoms with van der Waals surface area (Å²) in [6.45, 7) is 17.9. The minimum atomic E-state index is -0.912. The predicted molar refractivity (Wildman–Crippen MR) is 306 cm³/mol. The molecule has 0 aliphatic carbocycles. The third kappa shape index (κ3) is 9.38. The van der Waals surface area contributed by atoms with E-state index < -0.39 is 93.8 Å². The minimum Gasteiger partial charge on any atom is -0.454 e. The lowest BCUT2D eigenvalue weighted by atomic mass is 9.81. The molecule has 0 radical (unpaired) electrons. The summed E-state index contributed by atoms with van der Waals surface area (Å²) in [4.78, 5) is 3.19. The highest BCUT2D eigenvalue weighted by Gasteiger charge is 2.33. The lowest BCUT2D eigenvalue weighted by molar-refractivity contribution is 0.590. The van der Waals surface area contributed by atoms with Crippen molar-refractivity contribution < 1.29 is 22.2 Å². The van der Waals surface area contributed by atoms with Gasteiger partial charge in [-0.15, -0.1) is 0 Å². The standard InChI is InChI=1S/C66H60Cl2N2O/c1-64(2,3)46-35-52(69(50-31-21-29-48(67)39-50)61-55(43-23-13-10-14-24-43)37-47(65(4,5)6)38-56(61)44-25-15-11-16-26-44)41-53(36-46)70(51-32-22-30-49(68)40-51)62-57(45-27-17-12-18-28-45)42-58(66(7,8)9)60-54-33-19-20-34-59(54)71-63(60)62/h10-42H,1-9H3/i19D,20D,21D,22D,29D,30D,31D,32D,33D,34D,39D,40D,42D. The van der Waals surface area contributed by atoms with E-state index in [0.29, 0.717) is 33.5 Å². The number of hydrogen-bond acceptors (Lipinski definition) is 3. The highest BCUT2D eigenvalue weighted by molar-refractivity contribution is 6.31. The van der Waals surface area contributed by atoms with E-state index in [-0.39, 0.29) is 67.0 Å². The number of benzene rings is 9. The summed E-state index contributed by atoms with van der Waals surface area (Å²) in [5, 5.41) is -0.676. The highest BCUT2D eigenvalue weighted by Crippen LogP contribution is 2.54. The van der Waals surface area contributed by atoms with Gasteiger partial charge in [0.1, 0.15) is 5.58 Å². The van der Waals surface area contributed by atoms with Crippen molar-refractivity contribution in [2.75, 3.05) is 9.80 Å². The van der Waals surface area contributed by atoms with Crippen LogP contribution in [0.2, 0.25) is 10.0 Å². The molecule has 0 unspecified atom stereocenters. The molecule has 1 heterocycles. The quantitative estimate of drug-likeness (QED) is 0.144. The van der Waals surface area contributed by atoms with Crippen molar-refractivity contribution in [1.29, 1.82) is 0 Å². The maximum atomic E-state index is 10.6. The Hall–Kier alpha value is -7.04. The van der Waals surface area contributed by atoms with Crippen LogP contribution in [0, 0.1) is 0 Å². The van der Waals surface area contributed by atoms with Gasteiger partial charge in [-0.25, -0.2) is 0 Å². The Morgan fingerprint density at radius 2 is 0.887 bits per heavy atom. The molecule has 0 saturated carbocycles. The van der Waals surface area contributed by atoms with Crippen molar-refractivity contribution in [3.8, 4) is 33.4 Å². The van der Waals surface area contributed by atoms with Crippen molar-refractivity contribution in [3.05, 3.63) is 227 Å². The van der Waals surface area contributed by atoms with Gasteiger partial charge in [0.05, 0.1) is 29.2 Å². The van der Waals surface area contributed by atoms with Gasteiger partial charge in [-0.2, -0.15) is 0 Å². The summed E-state index contributed by atoms with van der Waals surface area (Å²) >= 11 is 14.0. The first kappa shape index (κ1) is 34.3. The van der Waals surface area contributed by atoms with Crippen molar-refractivity contribution in [2.45, 2.75) is 78.6 Å². The SMILES string of the molecule is [2H]c1c([2H])c(Cl)c([2H])c(N(c2cc(N(c3c([2H])c([2H])c([2H])c(Cl)c3[2H])c3c(-c4ccccc4)c([2H])c(C(C)(C)C)c4c3oc3c([2H])c([2H])c([2H])c([2H])c34)cc(C(C)(C)C)c2)c2c(-c3ccccc3)cc(C(C)(C)C)cc2-c2ccccc2)c1[2H]. The number of furan rings is 1. The van der Waals surface area contributed by atoms with E-state index in [1.807, 2.05) is 114 Å². The third-order valence-electron chi connectivity index (χ3n) is 12.6. The number of anilines is 6. The fraction of sp³-hybridized carbons (Fsp3) is 0.182. The molecule has 9 aromatic carbocycles. The largest absolute Gasteiger partial charge is 0.454 e. The zero-order valence-electron chi connectivity index (χ0n) is 54.1. The molecule has 0 bridgehead atoms. The normalized spacial score (nSPS) is 14.7. The van der Waals surface area contributed by atoms with E-state index in [2.05, 4.69) is 32.9 Å². The Balaban J connectivity index is 1.51. The third-order valence-corrected chi connectivity index (χ3v) is 13.0. The second-order valence-electron chi connectivity index (χ2n) is 20.7. The first-order valence-corrected chi connectivity index (χ1v) is 24.3. The average molecular weight is 981 g/mol. The van der Waals surface area contributed by atoms with Gasteiger partial charge in [-0.3, -0.25) is 0 Å². The van der Waals surface area contributed by atoms with Gasteiger partial charge < -0.3 is 14.2 Å². The predicted octanol–water partition coefficient (Wildman–Crippen LogP) is 20.7. The maximum absolute atomic E-state index is 10.6. The molecule has 5 heteroatoms. The monoisotopic (exact) mass is 979 g/mol. The summed E-state index contributed by atoms with van der Waals surface area (Å²) in [6.07, 6.45) is 0. The summed E-state index contributed by atoms with van der Waals surface area (Å²) in [5.74, 6) is 0. The first-order valence-electron chi connectivity index (χ1n) is 30.0. The molecule has 0 amide bonds. The van der Waals surface area contributed by atoms with E-state index in [1.165, 1.54) is 4.90 Å². The Labute approximate surface area is 448 Å². The molecule has 0 fully saturated rings. The van der Waals surface area contributed by atoms with Gasteiger partial charge in [-0.1, -0.05) is 207 Å². The van der Waals surface area contributed by atoms with Gasteiger partial charge in [-0.05, 0) is 128 Å². The number of halogens is 2. The molecule has 0 saturated heterocycles. The minimum absolute atomic E-state index is 0.00379. The molecule has 10 aromatic rings. The molecular weight excluding hydrogens is 908 g/mol. The molecule has 10 rings (SSSR count). The molecule has 354 valence electrons. The molecule has 3 nitrogen and oxygen atoms in total. The van der Waals surface area contributed by atoms with Crippen molar-refractivity contribution in [1.82, 2.24) is 0 Å². The van der Waals surface area contributed by atoms with Crippen LogP contribution in [-0.4, -0.2) is 0 Å². The van der Waals surface area contributed by atoms with Crippen molar-refractivity contribution in [3.63, 3.8) is 0 Å². The Morgan fingerprint density at radius 1 is 0.437 bits per heavy atom. The van der Waals surface area contributed by atoms with Crippen molar-refractivity contribution >= 4 is 79.3 Å². The van der Waals surface area contributed by atoms with Gasteiger partial charge >= 0.3 is 0 Å². The van der Waals surface area contributed by atoms with E-state index in [9.17, 15) is 12.3 Å².